The van der Waals surface area contributed by atoms with Crippen LogP contribution >= 0.6 is 0 Å². The first-order chi connectivity index (χ1) is 12.3. The first-order valence-corrected chi connectivity index (χ1v) is 8.82. The van der Waals surface area contributed by atoms with Crippen LogP contribution in [0.15, 0.2) is 36.5 Å². The Balaban J connectivity index is 1.80. The number of guanidine groups is 1. The molecule has 26 heavy (non-hydrogen) atoms. The second-order valence-electron chi connectivity index (χ2n) is 5.58. The van der Waals surface area contributed by atoms with Crippen molar-refractivity contribution < 1.29 is 18.1 Å². The molecule has 1 saturated heterocycles. The summed E-state index contributed by atoms with van der Waals surface area (Å²) in [6.45, 7) is 0. The van der Waals surface area contributed by atoms with Crippen molar-refractivity contribution >= 4 is 28.9 Å². The molecule has 1 aromatic heterocycles. The summed E-state index contributed by atoms with van der Waals surface area (Å²) in [7, 11) is 1.50. The van der Waals surface area contributed by atoms with Gasteiger partial charge in [-0.15, -0.1) is 0 Å². The topological polar surface area (TPSA) is 104 Å². The fraction of sp³-hybridized carbons (Fsp3) is 0.188. The summed E-state index contributed by atoms with van der Waals surface area (Å²) in [5, 5.41) is 13.1. The van der Waals surface area contributed by atoms with Gasteiger partial charge in [0, 0.05) is 11.3 Å². The maximum absolute atomic E-state index is 14.2. The third-order valence-electron chi connectivity index (χ3n) is 3.83. The number of hydrogen-bond donors (Lipinski definition) is 3. The highest BCUT2D eigenvalue weighted by molar-refractivity contribution is 7.89. The minimum Gasteiger partial charge on any atom is -0.593 e. The molecule has 2 aromatic rings. The molecule has 0 bridgehead atoms. The number of nitrogens with zero attached hydrogens (tertiary/aromatic N) is 2. The van der Waals surface area contributed by atoms with E-state index in [1.807, 2.05) is 0 Å². The van der Waals surface area contributed by atoms with Gasteiger partial charge in [0.25, 0.3) is 5.91 Å². The minimum absolute atomic E-state index is 0.0116. The molecule has 2 atom stereocenters. The fourth-order valence-electron chi connectivity index (χ4n) is 2.42. The number of nitrogens with one attached hydrogen (secondary N) is 3. The molecule has 0 aliphatic carbocycles. The van der Waals surface area contributed by atoms with Crippen molar-refractivity contribution in [2.45, 2.75) is 6.04 Å². The van der Waals surface area contributed by atoms with E-state index < -0.39 is 34.9 Å². The number of anilines is 1. The highest BCUT2D eigenvalue weighted by Crippen LogP contribution is 2.26. The summed E-state index contributed by atoms with van der Waals surface area (Å²) in [5.74, 6) is -1.67. The lowest BCUT2D eigenvalue weighted by molar-refractivity contribution is 0.102. The molecule has 1 amide bonds. The van der Waals surface area contributed by atoms with Gasteiger partial charge in [-0.2, -0.15) is 4.31 Å². The largest absolute Gasteiger partial charge is 0.593 e. The summed E-state index contributed by atoms with van der Waals surface area (Å²) in [5.41, 5.74) is 0.495. The lowest BCUT2D eigenvalue weighted by Crippen LogP contribution is -2.52. The van der Waals surface area contributed by atoms with Crippen molar-refractivity contribution in [1.29, 1.82) is 5.41 Å². The third kappa shape index (κ3) is 3.75. The molecular formula is C16H15F2N5O2S. The maximum atomic E-state index is 14.2. The van der Waals surface area contributed by atoms with Crippen molar-refractivity contribution in [3.63, 3.8) is 0 Å². The summed E-state index contributed by atoms with van der Waals surface area (Å²) >= 11 is -1.46. The average Bonchev–Trinajstić information content (AvgIpc) is 2.61. The average molecular weight is 379 g/mol. The van der Waals surface area contributed by atoms with Crippen molar-refractivity contribution in [2.24, 2.45) is 0 Å². The number of amides is 1. The zero-order chi connectivity index (χ0) is 18.8. The molecule has 1 aliphatic rings. The van der Waals surface area contributed by atoms with Crippen LogP contribution in [-0.4, -0.2) is 38.5 Å². The molecule has 3 N–H and O–H groups in total. The first-order valence-electron chi connectivity index (χ1n) is 7.55. The number of halogens is 2. The van der Waals surface area contributed by atoms with Crippen LogP contribution in [0.4, 0.5) is 14.5 Å². The molecule has 7 nitrogen and oxygen atoms in total. The quantitative estimate of drug-likeness (QED) is 0.706. The molecule has 3 rings (SSSR count). The van der Waals surface area contributed by atoms with Crippen LogP contribution in [0.1, 0.15) is 22.1 Å². The van der Waals surface area contributed by atoms with E-state index in [1.54, 1.807) is 0 Å². The molecule has 0 radical (unpaired) electrons. The van der Waals surface area contributed by atoms with Crippen LogP contribution < -0.4 is 10.6 Å². The predicted molar refractivity (Wildman–Crippen MR) is 92.9 cm³/mol. The van der Waals surface area contributed by atoms with Gasteiger partial charge in [0.05, 0.1) is 24.6 Å². The van der Waals surface area contributed by atoms with E-state index in [1.165, 1.54) is 35.6 Å². The second-order valence-corrected chi connectivity index (χ2v) is 7.11. The number of benzene rings is 1. The van der Waals surface area contributed by atoms with E-state index >= 15 is 0 Å². The van der Waals surface area contributed by atoms with Gasteiger partial charge < -0.3 is 15.2 Å². The van der Waals surface area contributed by atoms with Crippen LogP contribution in [0.25, 0.3) is 0 Å². The Morgan fingerprint density at radius 1 is 1.42 bits per heavy atom. The highest BCUT2D eigenvalue weighted by atomic mass is 32.2. The summed E-state index contributed by atoms with van der Waals surface area (Å²) in [6.07, 6.45) is 0.925. The Labute approximate surface area is 151 Å². The van der Waals surface area contributed by atoms with E-state index in [2.05, 4.69) is 15.6 Å². The molecule has 2 unspecified atom stereocenters. The van der Waals surface area contributed by atoms with Crippen molar-refractivity contribution in [3.8, 4) is 0 Å². The number of carbonyl (C=O) groups excluding carboxylic acids is 1. The van der Waals surface area contributed by atoms with E-state index in [9.17, 15) is 18.1 Å². The molecule has 1 fully saturated rings. The number of aromatic nitrogens is 1. The smallest absolute Gasteiger partial charge is 0.274 e. The van der Waals surface area contributed by atoms with Crippen LogP contribution in [0.2, 0.25) is 0 Å². The van der Waals surface area contributed by atoms with Crippen molar-refractivity contribution in [1.82, 2.24) is 14.6 Å². The van der Waals surface area contributed by atoms with Crippen molar-refractivity contribution in [3.05, 3.63) is 59.4 Å². The van der Waals surface area contributed by atoms with E-state index in [0.717, 1.165) is 12.3 Å². The number of rotatable bonds is 3. The minimum atomic E-state index is -1.46. The predicted octanol–water partition coefficient (Wildman–Crippen LogP) is 1.79. The molecule has 10 heteroatoms. The van der Waals surface area contributed by atoms with Gasteiger partial charge in [-0.25, -0.2) is 13.8 Å². The molecule has 136 valence electrons. The van der Waals surface area contributed by atoms with Gasteiger partial charge >= 0.3 is 0 Å². The van der Waals surface area contributed by atoms with Gasteiger partial charge in [0.1, 0.15) is 23.4 Å². The number of carbonyl (C=O) groups is 1. The number of hydrogen-bond acceptors (Lipinski definition) is 4. The lowest BCUT2D eigenvalue weighted by Gasteiger charge is -2.33. The summed E-state index contributed by atoms with van der Waals surface area (Å²) in [6, 6.07) is 5.64. The van der Waals surface area contributed by atoms with Gasteiger partial charge in [-0.05, 0) is 30.3 Å². The van der Waals surface area contributed by atoms with Crippen LogP contribution in [0.3, 0.4) is 0 Å². The zero-order valence-electron chi connectivity index (χ0n) is 13.6. The Morgan fingerprint density at radius 2 is 2.19 bits per heavy atom. The Kier molecular flexibility index (Phi) is 5.05. The van der Waals surface area contributed by atoms with Crippen molar-refractivity contribution in [2.75, 3.05) is 18.1 Å². The number of pyridine rings is 1. The van der Waals surface area contributed by atoms with Crippen LogP contribution in [0.5, 0.6) is 0 Å². The monoisotopic (exact) mass is 379 g/mol. The van der Waals surface area contributed by atoms with E-state index in [4.69, 9.17) is 5.41 Å². The van der Waals surface area contributed by atoms with Crippen LogP contribution in [0, 0.1) is 17.0 Å². The normalized spacial score (nSPS) is 19.8. The van der Waals surface area contributed by atoms with Gasteiger partial charge in [-0.1, -0.05) is 0 Å². The maximum Gasteiger partial charge on any atom is 0.274 e. The Hall–Kier alpha value is -2.72. The fourth-order valence-corrected chi connectivity index (χ4v) is 3.44. The van der Waals surface area contributed by atoms with Gasteiger partial charge in [0.2, 0.25) is 5.96 Å². The SMILES string of the molecule is CN1C(=N)NC(c2cc(NC(=O)c3ccc(F)cn3)ccc2F)C[S+]1[O-]. The molecule has 0 spiro atoms. The van der Waals surface area contributed by atoms with Crippen LogP contribution in [-0.2, 0) is 11.4 Å². The molecule has 1 aliphatic heterocycles. The first kappa shape index (κ1) is 18.1. The Bertz CT molecular complexity index is 849. The zero-order valence-corrected chi connectivity index (χ0v) is 14.4. The Morgan fingerprint density at radius 3 is 2.85 bits per heavy atom. The third-order valence-corrected chi connectivity index (χ3v) is 5.24. The van der Waals surface area contributed by atoms with E-state index in [-0.39, 0.29) is 23.0 Å². The molecule has 2 heterocycles. The van der Waals surface area contributed by atoms with E-state index in [0.29, 0.717) is 5.69 Å². The summed E-state index contributed by atoms with van der Waals surface area (Å²) in [4.78, 5) is 15.8. The van der Waals surface area contributed by atoms with Gasteiger partial charge in [0.15, 0.2) is 5.75 Å². The lowest BCUT2D eigenvalue weighted by atomic mass is 10.1. The van der Waals surface area contributed by atoms with Gasteiger partial charge in [-0.3, -0.25) is 10.2 Å². The standard InChI is InChI=1S/C16H15F2N5O2S/c1-23-16(19)22-14(8-26(23)25)11-6-10(3-4-12(11)18)21-15(24)13-5-2-9(17)7-20-13/h2-7,14H,8H2,1H3,(H2,19,22)(H,21,24). The second kappa shape index (κ2) is 7.26. The molecular weight excluding hydrogens is 364 g/mol. The molecule has 1 aromatic carbocycles. The summed E-state index contributed by atoms with van der Waals surface area (Å²) < 4.78 is 40.4. The molecule has 0 saturated carbocycles. The highest BCUT2D eigenvalue weighted by Gasteiger charge is 2.33.